The Morgan fingerprint density at radius 2 is 1.61 bits per heavy atom. The number of hydrogen-bond acceptors (Lipinski definition) is 5. The normalized spacial score (nSPS) is 12.4. The van der Waals surface area contributed by atoms with E-state index >= 15 is 0 Å². The Bertz CT molecular complexity index is 1040. The fourth-order valence-electron chi connectivity index (χ4n) is 2.39. The van der Waals surface area contributed by atoms with Crippen molar-refractivity contribution in [3.05, 3.63) is 77.6 Å². The third-order valence-corrected chi connectivity index (χ3v) is 3.77. The molecule has 0 unspecified atom stereocenters. The van der Waals surface area contributed by atoms with Gasteiger partial charge in [0.05, 0.1) is 11.1 Å². The van der Waals surface area contributed by atoms with Gasteiger partial charge in [0.15, 0.2) is 0 Å². The van der Waals surface area contributed by atoms with Crippen molar-refractivity contribution in [3.8, 4) is 17.2 Å². The van der Waals surface area contributed by atoms with E-state index < -0.39 is 35.5 Å². The maximum Gasteiger partial charge on any atom is 0.573 e. The molecule has 0 atom stereocenters. The minimum Gasteiger partial charge on any atom is -0.457 e. The van der Waals surface area contributed by atoms with E-state index in [0.29, 0.717) is 18.4 Å². The Kier molecular flexibility index (Phi) is 8.10. The van der Waals surface area contributed by atoms with Gasteiger partial charge in [-0.25, -0.2) is 0 Å². The number of hydrogen-bond donors (Lipinski definition) is 2. The van der Waals surface area contributed by atoms with Crippen molar-refractivity contribution >= 4 is 12.2 Å². The third kappa shape index (κ3) is 7.91. The summed E-state index contributed by atoms with van der Waals surface area (Å²) in [7, 11) is 1.56. The summed E-state index contributed by atoms with van der Waals surface area (Å²) in [5, 5.41) is 4.98. The van der Waals surface area contributed by atoms with E-state index in [0.717, 1.165) is 36.4 Å². The van der Waals surface area contributed by atoms with Crippen LogP contribution in [0.25, 0.3) is 0 Å². The molecular weight excluding hydrogens is 458 g/mol. The van der Waals surface area contributed by atoms with Gasteiger partial charge in [-0.1, -0.05) is 0 Å². The summed E-state index contributed by atoms with van der Waals surface area (Å²) in [5.74, 6) is -2.15. The molecule has 0 saturated heterocycles. The summed E-state index contributed by atoms with van der Waals surface area (Å²) in [6, 6.07) is 5.94. The number of nitrogens with one attached hydrogen (secondary N) is 2. The molecule has 0 heterocycles. The van der Waals surface area contributed by atoms with Gasteiger partial charge in [-0.05, 0) is 54.7 Å². The third-order valence-electron chi connectivity index (χ3n) is 3.77. The second kappa shape index (κ2) is 10.6. The first-order valence-electron chi connectivity index (χ1n) is 8.98. The summed E-state index contributed by atoms with van der Waals surface area (Å²) in [5.41, 5.74) is -1.41. The molecule has 176 valence electrons. The van der Waals surface area contributed by atoms with Crippen LogP contribution in [0.2, 0.25) is 0 Å². The standard InChI is InChI=1S/C21H16F6N2O4/c1-28-10-8-14(9-11-30)29-19(31)17-7-2-13(20(22,23)24)12-18(17)32-15-3-5-16(6-4-15)33-21(25,26)27/h2-12,28H,1H3,(H,29,31)/b10-8-,14-9+. The topological polar surface area (TPSA) is 76.7 Å². The molecular formula is C21H16F6N2O4. The van der Waals surface area contributed by atoms with E-state index in [9.17, 15) is 35.9 Å². The molecule has 2 rings (SSSR count). The van der Waals surface area contributed by atoms with Crippen molar-refractivity contribution in [2.45, 2.75) is 12.5 Å². The molecule has 0 fully saturated rings. The smallest absolute Gasteiger partial charge is 0.457 e. The lowest BCUT2D eigenvalue weighted by Crippen LogP contribution is -2.23. The number of carbonyl (C=O) groups is 2. The van der Waals surface area contributed by atoms with E-state index in [1.54, 1.807) is 7.05 Å². The molecule has 0 radical (unpaired) electrons. The second-order valence-corrected chi connectivity index (χ2v) is 6.16. The van der Waals surface area contributed by atoms with Crippen LogP contribution in [0.15, 0.2) is 66.5 Å². The molecule has 12 heteroatoms. The minimum absolute atomic E-state index is 0.0313. The van der Waals surface area contributed by atoms with Gasteiger partial charge in [0, 0.05) is 18.8 Å². The molecule has 2 N–H and O–H groups in total. The molecule has 0 spiro atoms. The van der Waals surface area contributed by atoms with Gasteiger partial charge in [0.25, 0.3) is 5.91 Å². The van der Waals surface area contributed by atoms with Crippen LogP contribution in [0.5, 0.6) is 17.2 Å². The SMILES string of the molecule is CN/C=C\C(=C/C=O)NC(=O)c1ccc(C(F)(F)F)cc1Oc1ccc(OC(F)(F)F)cc1. The van der Waals surface area contributed by atoms with Crippen molar-refractivity contribution in [1.29, 1.82) is 0 Å². The van der Waals surface area contributed by atoms with Crippen LogP contribution in [0.1, 0.15) is 15.9 Å². The van der Waals surface area contributed by atoms with Crippen molar-refractivity contribution in [1.82, 2.24) is 10.6 Å². The number of halogens is 6. The van der Waals surface area contributed by atoms with Crippen LogP contribution in [0.3, 0.4) is 0 Å². The molecule has 0 aliphatic carbocycles. The van der Waals surface area contributed by atoms with E-state index in [1.807, 2.05) is 0 Å². The summed E-state index contributed by atoms with van der Waals surface area (Å²) in [6.45, 7) is 0. The Hall–Kier alpha value is -3.96. The van der Waals surface area contributed by atoms with Gasteiger partial charge in [-0.3, -0.25) is 9.59 Å². The number of amides is 1. The maximum atomic E-state index is 13.2. The number of aldehydes is 1. The highest BCUT2D eigenvalue weighted by atomic mass is 19.4. The summed E-state index contributed by atoms with van der Waals surface area (Å²) in [6.07, 6.45) is -5.56. The first-order valence-corrected chi connectivity index (χ1v) is 8.98. The van der Waals surface area contributed by atoms with Gasteiger partial charge in [-0.15, -0.1) is 13.2 Å². The number of allylic oxidation sites excluding steroid dienone is 2. The number of benzene rings is 2. The number of ether oxygens (including phenoxy) is 2. The van der Waals surface area contributed by atoms with Gasteiger partial charge in [-0.2, -0.15) is 13.2 Å². The summed E-state index contributed by atoms with van der Waals surface area (Å²) in [4.78, 5) is 23.4. The number of alkyl halides is 6. The monoisotopic (exact) mass is 474 g/mol. The number of carbonyl (C=O) groups excluding carboxylic acids is 2. The average Bonchev–Trinajstić information content (AvgIpc) is 2.71. The molecule has 0 aromatic heterocycles. The Morgan fingerprint density at radius 1 is 0.970 bits per heavy atom. The Labute approximate surface area is 183 Å². The minimum atomic E-state index is -4.93. The zero-order valence-corrected chi connectivity index (χ0v) is 16.8. The fourth-order valence-corrected chi connectivity index (χ4v) is 2.39. The Balaban J connectivity index is 2.38. The highest BCUT2D eigenvalue weighted by Gasteiger charge is 2.32. The van der Waals surface area contributed by atoms with Crippen molar-refractivity contribution in [2.75, 3.05) is 7.05 Å². The highest BCUT2D eigenvalue weighted by molar-refractivity contribution is 5.98. The van der Waals surface area contributed by atoms with Gasteiger partial charge in [0.1, 0.15) is 23.5 Å². The lowest BCUT2D eigenvalue weighted by molar-refractivity contribution is -0.274. The molecule has 2 aromatic carbocycles. The highest BCUT2D eigenvalue weighted by Crippen LogP contribution is 2.35. The zero-order valence-electron chi connectivity index (χ0n) is 16.8. The summed E-state index contributed by atoms with van der Waals surface area (Å²) >= 11 is 0. The molecule has 0 bridgehead atoms. The van der Waals surface area contributed by atoms with Crippen LogP contribution in [-0.4, -0.2) is 25.6 Å². The van der Waals surface area contributed by atoms with E-state index in [1.165, 1.54) is 12.3 Å². The molecule has 6 nitrogen and oxygen atoms in total. The molecule has 2 aromatic rings. The van der Waals surface area contributed by atoms with Crippen molar-refractivity contribution in [3.63, 3.8) is 0 Å². The lowest BCUT2D eigenvalue weighted by Gasteiger charge is -2.15. The van der Waals surface area contributed by atoms with Crippen molar-refractivity contribution in [2.24, 2.45) is 0 Å². The van der Waals surface area contributed by atoms with Crippen LogP contribution in [0.4, 0.5) is 26.3 Å². The van der Waals surface area contributed by atoms with E-state index in [-0.39, 0.29) is 17.0 Å². The van der Waals surface area contributed by atoms with Crippen LogP contribution >= 0.6 is 0 Å². The molecule has 33 heavy (non-hydrogen) atoms. The maximum absolute atomic E-state index is 13.2. The fraction of sp³-hybridized carbons (Fsp3) is 0.143. The first kappa shape index (κ1) is 25.3. The van der Waals surface area contributed by atoms with Crippen LogP contribution in [-0.2, 0) is 11.0 Å². The number of rotatable bonds is 8. The van der Waals surface area contributed by atoms with E-state index in [2.05, 4.69) is 15.4 Å². The van der Waals surface area contributed by atoms with E-state index in [4.69, 9.17) is 4.74 Å². The largest absolute Gasteiger partial charge is 0.573 e. The molecule has 0 aliphatic rings. The molecule has 1 amide bonds. The summed E-state index contributed by atoms with van der Waals surface area (Å²) < 4.78 is 85.4. The van der Waals surface area contributed by atoms with Crippen LogP contribution in [0, 0.1) is 0 Å². The molecule has 0 aliphatic heterocycles. The van der Waals surface area contributed by atoms with Crippen molar-refractivity contribution < 1.29 is 45.4 Å². The van der Waals surface area contributed by atoms with Crippen LogP contribution < -0.4 is 20.1 Å². The molecule has 0 saturated carbocycles. The zero-order chi connectivity index (χ0) is 24.6. The first-order chi connectivity index (χ1) is 15.4. The lowest BCUT2D eigenvalue weighted by atomic mass is 10.1. The predicted octanol–water partition coefficient (Wildman–Crippen LogP) is 4.94. The second-order valence-electron chi connectivity index (χ2n) is 6.16. The Morgan fingerprint density at radius 3 is 2.15 bits per heavy atom. The van der Waals surface area contributed by atoms with Gasteiger partial charge < -0.3 is 20.1 Å². The van der Waals surface area contributed by atoms with Gasteiger partial charge >= 0.3 is 12.5 Å². The quantitative estimate of drug-likeness (QED) is 0.245. The average molecular weight is 474 g/mol. The van der Waals surface area contributed by atoms with Gasteiger partial charge in [0.2, 0.25) is 0 Å². The predicted molar refractivity (Wildman–Crippen MR) is 104 cm³/mol.